The molecule has 0 radical (unpaired) electrons. The minimum atomic E-state index is -0.706. The lowest BCUT2D eigenvalue weighted by atomic mass is 9.96. The molecular formula is C10H17N3O2. The SMILES string of the molecule is COC(C)C1(C)NC(=NC2CC2)NC1=O. The van der Waals surface area contributed by atoms with Crippen molar-refractivity contribution in [1.29, 1.82) is 0 Å². The third kappa shape index (κ3) is 1.84. The number of aliphatic imine (C=N–C) groups is 1. The summed E-state index contributed by atoms with van der Waals surface area (Å²) in [6, 6.07) is 0.396. The minimum absolute atomic E-state index is 0.0729. The van der Waals surface area contributed by atoms with Crippen LogP contribution in [0.4, 0.5) is 0 Å². The Morgan fingerprint density at radius 2 is 2.27 bits per heavy atom. The third-order valence-electron chi connectivity index (χ3n) is 3.11. The highest BCUT2D eigenvalue weighted by Gasteiger charge is 2.46. The first kappa shape index (κ1) is 10.4. The Balaban J connectivity index is 2.11. The number of hydrogen-bond donors (Lipinski definition) is 2. The van der Waals surface area contributed by atoms with E-state index in [4.69, 9.17) is 4.74 Å². The fourth-order valence-corrected chi connectivity index (χ4v) is 1.54. The molecule has 0 aromatic heterocycles. The molecular weight excluding hydrogens is 194 g/mol. The predicted molar refractivity (Wildman–Crippen MR) is 56.6 cm³/mol. The molecule has 1 aliphatic carbocycles. The summed E-state index contributed by atoms with van der Waals surface area (Å²) in [6.45, 7) is 3.69. The molecule has 1 saturated carbocycles. The summed E-state index contributed by atoms with van der Waals surface area (Å²) in [5, 5.41) is 5.85. The molecule has 0 aromatic rings. The van der Waals surface area contributed by atoms with Crippen molar-refractivity contribution in [2.24, 2.45) is 4.99 Å². The molecule has 2 rings (SSSR count). The van der Waals surface area contributed by atoms with E-state index in [0.717, 1.165) is 12.8 Å². The Labute approximate surface area is 89.3 Å². The summed E-state index contributed by atoms with van der Waals surface area (Å²) in [5.74, 6) is 0.519. The predicted octanol–water partition coefficient (Wildman–Crippen LogP) is 0.0178. The highest BCUT2D eigenvalue weighted by atomic mass is 16.5. The number of carbonyl (C=O) groups excluding carboxylic acids is 1. The van der Waals surface area contributed by atoms with E-state index in [2.05, 4.69) is 15.6 Å². The second-order valence-corrected chi connectivity index (χ2v) is 4.37. The van der Waals surface area contributed by atoms with E-state index < -0.39 is 5.54 Å². The summed E-state index contributed by atoms with van der Waals surface area (Å²) in [4.78, 5) is 16.1. The first-order valence-electron chi connectivity index (χ1n) is 5.26. The Morgan fingerprint density at radius 1 is 1.60 bits per heavy atom. The van der Waals surface area contributed by atoms with Crippen LogP contribution in [-0.4, -0.2) is 36.7 Å². The van der Waals surface area contributed by atoms with Crippen LogP contribution >= 0.6 is 0 Å². The van der Waals surface area contributed by atoms with Crippen molar-refractivity contribution >= 4 is 11.9 Å². The van der Waals surface area contributed by atoms with Gasteiger partial charge in [0.1, 0.15) is 5.54 Å². The molecule has 1 heterocycles. The van der Waals surface area contributed by atoms with Crippen molar-refractivity contribution in [2.75, 3.05) is 7.11 Å². The van der Waals surface area contributed by atoms with Crippen LogP contribution in [0.2, 0.25) is 0 Å². The van der Waals surface area contributed by atoms with E-state index in [0.29, 0.717) is 12.0 Å². The van der Waals surface area contributed by atoms with Crippen molar-refractivity contribution in [3.05, 3.63) is 0 Å². The molecule has 0 spiro atoms. The summed E-state index contributed by atoms with van der Waals surface area (Å²) >= 11 is 0. The van der Waals surface area contributed by atoms with Gasteiger partial charge in [-0.25, -0.2) is 4.99 Å². The molecule has 0 aromatic carbocycles. The van der Waals surface area contributed by atoms with Gasteiger partial charge in [0.05, 0.1) is 12.1 Å². The molecule has 15 heavy (non-hydrogen) atoms. The van der Waals surface area contributed by atoms with Crippen LogP contribution < -0.4 is 10.6 Å². The van der Waals surface area contributed by atoms with Gasteiger partial charge in [-0.2, -0.15) is 0 Å². The number of amides is 1. The summed E-state index contributed by atoms with van der Waals surface area (Å²) in [5.41, 5.74) is -0.706. The van der Waals surface area contributed by atoms with Crippen LogP contribution in [0, 0.1) is 0 Å². The third-order valence-corrected chi connectivity index (χ3v) is 3.11. The topological polar surface area (TPSA) is 62.7 Å². The summed E-state index contributed by atoms with van der Waals surface area (Å²) < 4.78 is 5.20. The largest absolute Gasteiger partial charge is 0.379 e. The summed E-state index contributed by atoms with van der Waals surface area (Å²) in [7, 11) is 1.60. The number of hydrogen-bond acceptors (Lipinski definition) is 3. The molecule has 0 bridgehead atoms. The molecule has 1 saturated heterocycles. The number of ether oxygens (including phenoxy) is 1. The fraction of sp³-hybridized carbons (Fsp3) is 0.800. The van der Waals surface area contributed by atoms with E-state index in [1.165, 1.54) is 0 Å². The van der Waals surface area contributed by atoms with Gasteiger partial charge in [-0.3, -0.25) is 10.1 Å². The van der Waals surface area contributed by atoms with Gasteiger partial charge in [-0.15, -0.1) is 0 Å². The van der Waals surface area contributed by atoms with E-state index in [1.807, 2.05) is 13.8 Å². The number of nitrogens with zero attached hydrogens (tertiary/aromatic N) is 1. The first-order chi connectivity index (χ1) is 7.06. The molecule has 1 amide bonds. The van der Waals surface area contributed by atoms with Gasteiger partial charge in [0.2, 0.25) is 0 Å². The fourth-order valence-electron chi connectivity index (χ4n) is 1.54. The smallest absolute Gasteiger partial charge is 0.254 e. The molecule has 84 valence electrons. The Morgan fingerprint density at radius 3 is 2.80 bits per heavy atom. The lowest BCUT2D eigenvalue weighted by Gasteiger charge is -2.27. The second-order valence-electron chi connectivity index (χ2n) is 4.37. The highest BCUT2D eigenvalue weighted by molar-refractivity contribution is 6.09. The molecule has 2 atom stereocenters. The molecule has 2 fully saturated rings. The van der Waals surface area contributed by atoms with Gasteiger partial charge < -0.3 is 10.1 Å². The first-order valence-corrected chi connectivity index (χ1v) is 5.26. The maximum atomic E-state index is 11.8. The lowest BCUT2D eigenvalue weighted by Crippen LogP contribution is -2.53. The Kier molecular flexibility index (Phi) is 2.42. The van der Waals surface area contributed by atoms with Crippen LogP contribution in [0.1, 0.15) is 26.7 Å². The maximum Gasteiger partial charge on any atom is 0.254 e. The number of methoxy groups -OCH3 is 1. The molecule has 5 nitrogen and oxygen atoms in total. The maximum absolute atomic E-state index is 11.8. The van der Waals surface area contributed by atoms with Crippen LogP contribution in [0.5, 0.6) is 0 Å². The zero-order valence-electron chi connectivity index (χ0n) is 9.33. The zero-order chi connectivity index (χ0) is 11.1. The quantitative estimate of drug-likeness (QED) is 0.691. The van der Waals surface area contributed by atoms with E-state index in [9.17, 15) is 4.79 Å². The van der Waals surface area contributed by atoms with Crippen molar-refractivity contribution in [1.82, 2.24) is 10.6 Å². The van der Waals surface area contributed by atoms with Crippen molar-refractivity contribution in [3.63, 3.8) is 0 Å². The van der Waals surface area contributed by atoms with Gasteiger partial charge in [0, 0.05) is 7.11 Å². The normalized spacial score (nSPS) is 35.1. The van der Waals surface area contributed by atoms with Gasteiger partial charge in [-0.1, -0.05) is 0 Å². The van der Waals surface area contributed by atoms with Crippen LogP contribution in [0.25, 0.3) is 0 Å². The lowest BCUT2D eigenvalue weighted by molar-refractivity contribution is -0.127. The standard InChI is InChI=1S/C10H17N3O2/c1-6(15-3)10(2)8(14)12-9(13-10)11-7-4-5-7/h6-7H,4-5H2,1-3H3,(H2,11,12,13,14). The number of rotatable bonds is 3. The van der Waals surface area contributed by atoms with Crippen LogP contribution in [-0.2, 0) is 9.53 Å². The van der Waals surface area contributed by atoms with Gasteiger partial charge in [0.15, 0.2) is 5.96 Å². The molecule has 2 unspecified atom stereocenters. The number of guanidine groups is 1. The van der Waals surface area contributed by atoms with Gasteiger partial charge >= 0.3 is 0 Å². The van der Waals surface area contributed by atoms with Crippen LogP contribution in [0.15, 0.2) is 4.99 Å². The number of carbonyl (C=O) groups is 1. The molecule has 1 aliphatic heterocycles. The van der Waals surface area contributed by atoms with E-state index in [-0.39, 0.29) is 12.0 Å². The summed E-state index contributed by atoms with van der Waals surface area (Å²) in [6.07, 6.45) is 2.05. The Hall–Kier alpha value is -1.10. The van der Waals surface area contributed by atoms with E-state index in [1.54, 1.807) is 7.11 Å². The molecule has 2 N–H and O–H groups in total. The second kappa shape index (κ2) is 3.48. The average Bonchev–Trinajstić information content (AvgIpc) is 2.94. The van der Waals surface area contributed by atoms with E-state index >= 15 is 0 Å². The molecule has 2 aliphatic rings. The van der Waals surface area contributed by atoms with Gasteiger partial charge in [-0.05, 0) is 26.7 Å². The van der Waals surface area contributed by atoms with Crippen molar-refractivity contribution in [2.45, 2.75) is 44.4 Å². The zero-order valence-corrected chi connectivity index (χ0v) is 9.33. The van der Waals surface area contributed by atoms with Crippen molar-refractivity contribution in [3.8, 4) is 0 Å². The number of nitrogens with one attached hydrogen (secondary N) is 2. The molecule has 5 heteroatoms. The van der Waals surface area contributed by atoms with Gasteiger partial charge in [0.25, 0.3) is 5.91 Å². The average molecular weight is 211 g/mol. The minimum Gasteiger partial charge on any atom is -0.379 e. The monoisotopic (exact) mass is 211 g/mol. The highest BCUT2D eigenvalue weighted by Crippen LogP contribution is 2.24. The van der Waals surface area contributed by atoms with Crippen molar-refractivity contribution < 1.29 is 9.53 Å². The van der Waals surface area contributed by atoms with Crippen LogP contribution in [0.3, 0.4) is 0 Å². The Bertz CT molecular complexity index is 312.